The Morgan fingerprint density at radius 3 is 2.58 bits per heavy atom. The number of hydrogen-bond donors (Lipinski definition) is 2. The predicted octanol–water partition coefficient (Wildman–Crippen LogP) is 3.51. The van der Waals surface area contributed by atoms with Crippen LogP contribution in [0.1, 0.15) is 22.5 Å². The van der Waals surface area contributed by atoms with Crippen molar-refractivity contribution in [2.45, 2.75) is 27.3 Å². The lowest BCUT2D eigenvalue weighted by Crippen LogP contribution is -2.39. The average Bonchev–Trinajstić information content (AvgIpc) is 2.88. The number of nitrogens with one attached hydrogen (secondary N) is 2. The Morgan fingerprint density at radius 1 is 1.21 bits per heavy atom. The number of aromatic nitrogens is 1. The number of nitrogens with zero attached hydrogens (tertiary/aromatic N) is 2. The zero-order chi connectivity index (χ0) is 16.5. The van der Waals surface area contributed by atoms with Crippen molar-refractivity contribution in [1.29, 1.82) is 0 Å². The van der Waals surface area contributed by atoms with Crippen molar-refractivity contribution in [3.05, 3.63) is 45.9 Å². The van der Waals surface area contributed by atoms with Gasteiger partial charge in [-0.15, -0.1) is 35.3 Å². The third-order valence-electron chi connectivity index (χ3n) is 3.20. The molecule has 0 saturated heterocycles. The van der Waals surface area contributed by atoms with E-state index in [1.807, 2.05) is 37.3 Å². The quantitative estimate of drug-likeness (QED) is 0.288. The molecular weight excluding hydrogens is 435 g/mol. The highest BCUT2D eigenvalue weighted by atomic mass is 127. The second-order valence-corrected chi connectivity index (χ2v) is 6.32. The van der Waals surface area contributed by atoms with Crippen LogP contribution in [0, 0.1) is 13.8 Å². The molecule has 1 heterocycles. The summed E-state index contributed by atoms with van der Waals surface area (Å²) in [6.07, 6.45) is 0. The summed E-state index contributed by atoms with van der Waals surface area (Å²) >= 11 is 1.70. The van der Waals surface area contributed by atoms with E-state index < -0.39 is 0 Å². The van der Waals surface area contributed by atoms with E-state index >= 15 is 0 Å². The lowest BCUT2D eigenvalue weighted by Gasteiger charge is -2.11. The topological polar surface area (TPSA) is 58.5 Å². The van der Waals surface area contributed by atoms with E-state index in [0.29, 0.717) is 19.7 Å². The Morgan fingerprint density at radius 2 is 1.96 bits per heavy atom. The van der Waals surface area contributed by atoms with Crippen LogP contribution in [0.5, 0.6) is 5.75 Å². The zero-order valence-electron chi connectivity index (χ0n) is 14.3. The smallest absolute Gasteiger partial charge is 0.191 e. The largest absolute Gasteiger partial charge is 0.492 e. The first-order valence-corrected chi connectivity index (χ1v) is 8.63. The summed E-state index contributed by atoms with van der Waals surface area (Å²) in [6.45, 7) is 8.86. The minimum absolute atomic E-state index is 0. The van der Waals surface area contributed by atoms with Gasteiger partial charge in [-0.2, -0.15) is 0 Å². The van der Waals surface area contributed by atoms with Gasteiger partial charge in [0, 0.05) is 11.4 Å². The minimum atomic E-state index is 0. The van der Waals surface area contributed by atoms with E-state index in [-0.39, 0.29) is 24.0 Å². The van der Waals surface area contributed by atoms with Gasteiger partial charge < -0.3 is 15.4 Å². The van der Waals surface area contributed by atoms with E-state index in [1.165, 1.54) is 4.88 Å². The van der Waals surface area contributed by atoms with Gasteiger partial charge >= 0.3 is 0 Å². The third kappa shape index (κ3) is 7.04. The highest BCUT2D eigenvalue weighted by Crippen LogP contribution is 2.16. The summed E-state index contributed by atoms with van der Waals surface area (Å²) in [6, 6.07) is 9.81. The van der Waals surface area contributed by atoms with E-state index in [1.54, 1.807) is 11.3 Å². The number of guanidine groups is 1. The summed E-state index contributed by atoms with van der Waals surface area (Å²) in [5, 5.41) is 7.55. The Bertz CT molecular complexity index is 611. The number of halogens is 1. The highest BCUT2D eigenvalue weighted by Gasteiger charge is 2.03. The average molecular weight is 460 g/mol. The number of para-hydroxylation sites is 1. The van der Waals surface area contributed by atoms with Crippen molar-refractivity contribution in [1.82, 2.24) is 15.6 Å². The monoisotopic (exact) mass is 460 g/mol. The molecule has 0 radical (unpaired) electrons. The lowest BCUT2D eigenvalue weighted by atomic mass is 10.3. The molecule has 0 amide bonds. The molecule has 2 rings (SSSR count). The number of benzene rings is 1. The van der Waals surface area contributed by atoms with Crippen LogP contribution in [0.15, 0.2) is 35.3 Å². The first kappa shape index (κ1) is 20.7. The predicted molar refractivity (Wildman–Crippen MR) is 112 cm³/mol. The maximum Gasteiger partial charge on any atom is 0.191 e. The molecular formula is C17H25IN4OS. The molecule has 0 spiro atoms. The molecule has 5 nitrogen and oxygen atoms in total. The van der Waals surface area contributed by atoms with Gasteiger partial charge in [-0.05, 0) is 32.9 Å². The SMILES string of the molecule is CCNC(=NCc1nc(C)c(C)s1)NCCOc1ccccc1.I. The van der Waals surface area contributed by atoms with Crippen LogP contribution in [0.4, 0.5) is 0 Å². The summed E-state index contributed by atoms with van der Waals surface area (Å²) in [7, 11) is 0. The number of aliphatic imine (C=N–C) groups is 1. The molecule has 0 fully saturated rings. The van der Waals surface area contributed by atoms with Crippen molar-refractivity contribution < 1.29 is 4.74 Å². The van der Waals surface area contributed by atoms with Gasteiger partial charge in [0.05, 0.1) is 18.8 Å². The lowest BCUT2D eigenvalue weighted by molar-refractivity contribution is 0.322. The van der Waals surface area contributed by atoms with Crippen LogP contribution in [0.2, 0.25) is 0 Å². The van der Waals surface area contributed by atoms with Gasteiger partial charge in [-0.25, -0.2) is 9.98 Å². The standard InChI is InChI=1S/C17H24N4OS.HI/c1-4-18-17(20-12-16-21-13(2)14(3)23-16)19-10-11-22-15-8-6-5-7-9-15;/h5-9H,4,10-12H2,1-3H3,(H2,18,19,20);1H. The first-order valence-electron chi connectivity index (χ1n) is 7.82. The Kier molecular flexibility index (Phi) is 9.70. The van der Waals surface area contributed by atoms with Crippen LogP contribution in [-0.4, -0.2) is 30.6 Å². The molecule has 2 N–H and O–H groups in total. The Balaban J connectivity index is 0.00000288. The molecule has 132 valence electrons. The van der Waals surface area contributed by atoms with Crippen LogP contribution in [-0.2, 0) is 6.54 Å². The van der Waals surface area contributed by atoms with Gasteiger partial charge in [0.15, 0.2) is 5.96 Å². The fourth-order valence-electron chi connectivity index (χ4n) is 1.95. The number of ether oxygens (including phenoxy) is 1. The van der Waals surface area contributed by atoms with E-state index in [4.69, 9.17) is 4.74 Å². The van der Waals surface area contributed by atoms with Crippen molar-refractivity contribution in [3.8, 4) is 5.75 Å². The molecule has 0 aliphatic rings. The molecule has 7 heteroatoms. The Labute approximate surface area is 165 Å². The van der Waals surface area contributed by atoms with Gasteiger partial charge in [0.25, 0.3) is 0 Å². The maximum atomic E-state index is 5.66. The van der Waals surface area contributed by atoms with Crippen molar-refractivity contribution >= 4 is 41.3 Å². The summed E-state index contributed by atoms with van der Waals surface area (Å²) in [5.41, 5.74) is 1.09. The molecule has 2 aromatic rings. The van der Waals surface area contributed by atoms with Crippen molar-refractivity contribution in [2.75, 3.05) is 19.7 Å². The molecule has 0 aliphatic carbocycles. The molecule has 0 aliphatic heterocycles. The normalized spacial score (nSPS) is 10.9. The zero-order valence-corrected chi connectivity index (χ0v) is 17.5. The molecule has 1 aromatic carbocycles. The van der Waals surface area contributed by atoms with E-state index in [0.717, 1.165) is 29.0 Å². The molecule has 24 heavy (non-hydrogen) atoms. The number of aryl methyl sites for hydroxylation is 2. The summed E-state index contributed by atoms with van der Waals surface area (Å²) < 4.78 is 5.66. The van der Waals surface area contributed by atoms with Gasteiger partial charge in [-0.1, -0.05) is 18.2 Å². The fourth-order valence-corrected chi connectivity index (χ4v) is 2.81. The first-order chi connectivity index (χ1) is 11.2. The van der Waals surface area contributed by atoms with Gasteiger partial charge in [0.2, 0.25) is 0 Å². The molecule has 0 saturated carbocycles. The number of hydrogen-bond acceptors (Lipinski definition) is 4. The van der Waals surface area contributed by atoms with Gasteiger partial charge in [0.1, 0.15) is 17.4 Å². The van der Waals surface area contributed by atoms with Crippen molar-refractivity contribution in [2.24, 2.45) is 4.99 Å². The second-order valence-electron chi connectivity index (χ2n) is 5.03. The summed E-state index contributed by atoms with van der Waals surface area (Å²) in [4.78, 5) is 10.3. The molecule has 1 aromatic heterocycles. The third-order valence-corrected chi connectivity index (χ3v) is 4.25. The Hall–Kier alpha value is -1.35. The van der Waals surface area contributed by atoms with Crippen LogP contribution in [0.25, 0.3) is 0 Å². The number of rotatable bonds is 7. The van der Waals surface area contributed by atoms with E-state index in [2.05, 4.69) is 34.5 Å². The number of thiazole rings is 1. The molecule has 0 atom stereocenters. The van der Waals surface area contributed by atoms with Crippen LogP contribution >= 0.6 is 35.3 Å². The van der Waals surface area contributed by atoms with Crippen LogP contribution < -0.4 is 15.4 Å². The highest BCUT2D eigenvalue weighted by molar-refractivity contribution is 14.0. The summed E-state index contributed by atoms with van der Waals surface area (Å²) in [5.74, 6) is 1.67. The molecule has 0 bridgehead atoms. The van der Waals surface area contributed by atoms with Crippen LogP contribution in [0.3, 0.4) is 0 Å². The van der Waals surface area contributed by atoms with Gasteiger partial charge in [-0.3, -0.25) is 0 Å². The van der Waals surface area contributed by atoms with Crippen molar-refractivity contribution in [3.63, 3.8) is 0 Å². The maximum absolute atomic E-state index is 5.66. The fraction of sp³-hybridized carbons (Fsp3) is 0.412. The minimum Gasteiger partial charge on any atom is -0.492 e. The second kappa shape index (κ2) is 11.2. The van der Waals surface area contributed by atoms with E-state index in [9.17, 15) is 0 Å². The molecule has 0 unspecified atom stereocenters.